The number of carbonyl (C=O) groups excluding carboxylic acids is 1. The van der Waals surface area contributed by atoms with E-state index in [1.807, 2.05) is 0 Å². The number of esters is 1. The summed E-state index contributed by atoms with van der Waals surface area (Å²) in [6.45, 7) is 3.42. The highest BCUT2D eigenvalue weighted by molar-refractivity contribution is 6.32. The quantitative estimate of drug-likeness (QED) is 0.215. The summed E-state index contributed by atoms with van der Waals surface area (Å²) in [5, 5.41) is 15.1. The summed E-state index contributed by atoms with van der Waals surface area (Å²) in [5.41, 5.74) is 0.537. The second-order valence-corrected chi connectivity index (χ2v) is 6.62. The number of anilines is 1. The van der Waals surface area contributed by atoms with Crippen LogP contribution >= 0.6 is 11.6 Å². The van der Waals surface area contributed by atoms with Crippen LogP contribution in [0.2, 0.25) is 5.02 Å². The number of alkyl halides is 3. The maximum absolute atomic E-state index is 12.8. The van der Waals surface area contributed by atoms with Crippen molar-refractivity contribution in [3.8, 4) is 11.5 Å². The van der Waals surface area contributed by atoms with Crippen molar-refractivity contribution in [3.63, 3.8) is 0 Å². The van der Waals surface area contributed by atoms with Crippen LogP contribution < -0.4 is 14.9 Å². The van der Waals surface area contributed by atoms with Gasteiger partial charge in [-0.1, -0.05) is 11.6 Å². The smallest absolute Gasteiger partial charge is 0.416 e. The van der Waals surface area contributed by atoms with Gasteiger partial charge in [-0.2, -0.15) is 18.3 Å². The Balaban J connectivity index is 2.24. The van der Waals surface area contributed by atoms with Gasteiger partial charge in [0.1, 0.15) is 5.69 Å². The van der Waals surface area contributed by atoms with Gasteiger partial charge in [0, 0.05) is 6.07 Å². The molecule has 0 aliphatic rings. The molecule has 0 radical (unpaired) electrons. The fraction of sp³-hybridized carbons (Fsp3) is 0.300. The van der Waals surface area contributed by atoms with Crippen LogP contribution in [0.25, 0.3) is 0 Å². The van der Waals surface area contributed by atoms with Crippen molar-refractivity contribution in [2.45, 2.75) is 20.0 Å². The van der Waals surface area contributed by atoms with Crippen LogP contribution in [0, 0.1) is 10.1 Å². The van der Waals surface area contributed by atoms with Gasteiger partial charge in [0.25, 0.3) is 5.69 Å². The summed E-state index contributed by atoms with van der Waals surface area (Å²) in [6, 6.07) is 4.94. The molecule has 178 valence electrons. The van der Waals surface area contributed by atoms with E-state index < -0.39 is 28.3 Å². The van der Waals surface area contributed by atoms with Crippen molar-refractivity contribution in [1.29, 1.82) is 0 Å². The maximum Gasteiger partial charge on any atom is 0.416 e. The minimum absolute atomic E-state index is 0.0900. The predicted molar refractivity (Wildman–Crippen MR) is 114 cm³/mol. The number of hydrogen-bond acceptors (Lipinski definition) is 8. The number of halogens is 4. The van der Waals surface area contributed by atoms with Gasteiger partial charge in [0.2, 0.25) is 0 Å². The Morgan fingerprint density at radius 1 is 1.21 bits per heavy atom. The zero-order valence-electron chi connectivity index (χ0n) is 17.4. The Labute approximate surface area is 191 Å². The summed E-state index contributed by atoms with van der Waals surface area (Å²) in [4.78, 5) is 21.7. The van der Waals surface area contributed by atoms with Crippen LogP contribution in [-0.2, 0) is 15.7 Å². The minimum atomic E-state index is -4.73. The Morgan fingerprint density at radius 3 is 2.55 bits per heavy atom. The van der Waals surface area contributed by atoms with E-state index in [1.165, 1.54) is 18.3 Å². The molecule has 13 heteroatoms. The molecular formula is C20H19ClF3N3O6. The first-order chi connectivity index (χ1) is 15.6. The van der Waals surface area contributed by atoms with Crippen LogP contribution in [0.3, 0.4) is 0 Å². The third kappa shape index (κ3) is 7.24. The minimum Gasteiger partial charge on any atom is -0.490 e. The van der Waals surface area contributed by atoms with Gasteiger partial charge in [-0.05, 0) is 43.7 Å². The number of ether oxygens (including phenoxy) is 3. The summed E-state index contributed by atoms with van der Waals surface area (Å²) in [6.07, 6.45) is -3.50. The normalized spacial score (nSPS) is 11.3. The standard InChI is InChI=1S/C20H19ClF3N3O6/c1-3-31-17-8-12(7-14(21)19(17)33-11-18(28)32-4-2)10-25-26-15-6-5-13(20(22,23)24)9-16(15)27(29)30/h5-10,26H,3-4,11H2,1-2H3/b25-10-. The van der Waals surface area contributed by atoms with Crippen LogP contribution in [0.4, 0.5) is 24.5 Å². The molecule has 0 amide bonds. The molecule has 1 N–H and O–H groups in total. The van der Waals surface area contributed by atoms with Crippen molar-refractivity contribution in [2.24, 2.45) is 5.10 Å². The zero-order chi connectivity index (χ0) is 24.6. The lowest BCUT2D eigenvalue weighted by Gasteiger charge is -2.14. The first-order valence-corrected chi connectivity index (χ1v) is 9.84. The molecule has 0 atom stereocenters. The van der Waals surface area contributed by atoms with Crippen LogP contribution in [-0.4, -0.2) is 36.9 Å². The number of nitro groups is 1. The van der Waals surface area contributed by atoms with Crippen molar-refractivity contribution < 1.29 is 37.1 Å². The molecule has 0 aliphatic carbocycles. The zero-order valence-corrected chi connectivity index (χ0v) is 18.2. The molecule has 0 unspecified atom stereocenters. The monoisotopic (exact) mass is 489 g/mol. The number of hydrogen-bond donors (Lipinski definition) is 1. The fourth-order valence-electron chi connectivity index (χ4n) is 2.53. The number of nitrogens with one attached hydrogen (secondary N) is 1. The van der Waals surface area contributed by atoms with Crippen LogP contribution in [0.1, 0.15) is 25.0 Å². The van der Waals surface area contributed by atoms with E-state index in [-0.39, 0.29) is 42.0 Å². The highest BCUT2D eigenvalue weighted by atomic mass is 35.5. The number of carbonyl (C=O) groups is 1. The third-order valence-corrected chi connectivity index (χ3v) is 4.17. The lowest BCUT2D eigenvalue weighted by Crippen LogP contribution is -2.15. The summed E-state index contributed by atoms with van der Waals surface area (Å²) < 4.78 is 54.1. The van der Waals surface area contributed by atoms with Gasteiger partial charge in [-0.25, -0.2) is 4.79 Å². The second kappa shape index (κ2) is 11.4. The highest BCUT2D eigenvalue weighted by Crippen LogP contribution is 2.37. The van der Waals surface area contributed by atoms with Crippen molar-refractivity contribution in [3.05, 3.63) is 56.6 Å². The first-order valence-electron chi connectivity index (χ1n) is 9.46. The molecule has 0 spiro atoms. The Bertz CT molecular complexity index is 1050. The fourth-order valence-corrected chi connectivity index (χ4v) is 2.80. The van der Waals surface area contributed by atoms with Crippen molar-refractivity contribution >= 4 is 35.2 Å². The van der Waals surface area contributed by atoms with E-state index in [9.17, 15) is 28.1 Å². The van der Waals surface area contributed by atoms with Gasteiger partial charge in [-0.15, -0.1) is 0 Å². The summed E-state index contributed by atoms with van der Waals surface area (Å²) in [7, 11) is 0. The van der Waals surface area contributed by atoms with E-state index >= 15 is 0 Å². The maximum atomic E-state index is 12.8. The number of nitro benzene ring substituents is 1. The van der Waals surface area contributed by atoms with Crippen molar-refractivity contribution in [1.82, 2.24) is 0 Å². The molecule has 0 aromatic heterocycles. The largest absolute Gasteiger partial charge is 0.490 e. The van der Waals surface area contributed by atoms with Crippen molar-refractivity contribution in [2.75, 3.05) is 25.2 Å². The molecule has 0 bridgehead atoms. The van der Waals surface area contributed by atoms with Gasteiger partial charge in [0.15, 0.2) is 18.1 Å². The third-order valence-electron chi connectivity index (χ3n) is 3.89. The van der Waals surface area contributed by atoms with Gasteiger partial charge in [0.05, 0.1) is 34.9 Å². The average Bonchev–Trinajstić information content (AvgIpc) is 2.73. The lowest BCUT2D eigenvalue weighted by atomic mass is 10.1. The summed E-state index contributed by atoms with van der Waals surface area (Å²) >= 11 is 6.22. The van der Waals surface area contributed by atoms with Crippen LogP contribution in [0.15, 0.2) is 35.4 Å². The van der Waals surface area contributed by atoms with Crippen LogP contribution in [0.5, 0.6) is 11.5 Å². The molecule has 33 heavy (non-hydrogen) atoms. The van der Waals surface area contributed by atoms with E-state index in [0.29, 0.717) is 17.7 Å². The lowest BCUT2D eigenvalue weighted by molar-refractivity contribution is -0.384. The number of rotatable bonds is 10. The molecule has 0 aliphatic heterocycles. The second-order valence-electron chi connectivity index (χ2n) is 6.21. The molecule has 9 nitrogen and oxygen atoms in total. The van der Waals surface area contributed by atoms with Gasteiger partial charge < -0.3 is 14.2 Å². The van der Waals surface area contributed by atoms with E-state index in [0.717, 1.165) is 6.07 Å². The molecular weight excluding hydrogens is 471 g/mol. The molecule has 2 aromatic rings. The molecule has 2 aromatic carbocycles. The SMILES string of the molecule is CCOC(=O)COc1c(Cl)cc(/C=N\Nc2ccc(C(F)(F)F)cc2[N+](=O)[O-])cc1OCC. The summed E-state index contributed by atoms with van der Waals surface area (Å²) in [5.74, 6) is -0.282. The van der Waals surface area contributed by atoms with E-state index in [2.05, 4.69) is 10.5 Å². The molecule has 0 heterocycles. The molecule has 0 fully saturated rings. The average molecular weight is 490 g/mol. The Hall–Kier alpha value is -3.54. The molecule has 0 saturated heterocycles. The van der Waals surface area contributed by atoms with E-state index in [1.54, 1.807) is 13.8 Å². The van der Waals surface area contributed by atoms with Gasteiger partial charge in [-0.3, -0.25) is 15.5 Å². The number of nitrogens with zero attached hydrogens (tertiary/aromatic N) is 2. The Kier molecular flexibility index (Phi) is 8.85. The molecule has 0 saturated carbocycles. The predicted octanol–water partition coefficient (Wildman–Crippen LogP) is 5.05. The molecule has 2 rings (SSSR count). The highest BCUT2D eigenvalue weighted by Gasteiger charge is 2.33. The Morgan fingerprint density at radius 2 is 1.94 bits per heavy atom. The first kappa shape index (κ1) is 25.7. The number of benzene rings is 2. The van der Waals surface area contributed by atoms with E-state index in [4.69, 9.17) is 25.8 Å². The topological polar surface area (TPSA) is 112 Å². The van der Waals surface area contributed by atoms with Gasteiger partial charge >= 0.3 is 12.1 Å². The number of hydrazone groups is 1.